The molecule has 2 aliphatic heterocycles. The highest BCUT2D eigenvalue weighted by molar-refractivity contribution is 5.95. The smallest absolute Gasteiger partial charge is 0.274 e. The monoisotopic (exact) mass is 444 g/mol. The van der Waals surface area contributed by atoms with Crippen LogP contribution in [0.3, 0.4) is 0 Å². The average Bonchev–Trinajstić information content (AvgIpc) is 3.51. The molecule has 3 aromatic rings. The van der Waals surface area contributed by atoms with Gasteiger partial charge in [0, 0.05) is 37.0 Å². The van der Waals surface area contributed by atoms with Crippen LogP contribution in [0.2, 0.25) is 0 Å². The maximum atomic E-state index is 13.2. The molecule has 1 saturated heterocycles. The Balaban J connectivity index is 1.48. The zero-order valence-corrected chi connectivity index (χ0v) is 19.1. The van der Waals surface area contributed by atoms with Crippen LogP contribution in [-0.4, -0.2) is 43.0 Å². The number of amides is 2. The van der Waals surface area contributed by atoms with Gasteiger partial charge < -0.3 is 4.90 Å². The van der Waals surface area contributed by atoms with Gasteiger partial charge in [-0.1, -0.05) is 30.3 Å². The van der Waals surface area contributed by atoms with E-state index in [0.29, 0.717) is 43.3 Å². The molecule has 0 bridgehead atoms. The van der Waals surface area contributed by atoms with E-state index in [4.69, 9.17) is 9.97 Å². The zero-order chi connectivity index (χ0) is 22.9. The molecule has 0 spiro atoms. The highest BCUT2D eigenvalue weighted by Gasteiger charge is 2.36. The molecule has 2 aromatic heterocycles. The van der Waals surface area contributed by atoms with Gasteiger partial charge in [0.25, 0.3) is 5.91 Å². The summed E-state index contributed by atoms with van der Waals surface area (Å²) in [6.45, 7) is 5.81. The lowest BCUT2D eigenvalue weighted by Gasteiger charge is -2.31. The maximum absolute atomic E-state index is 13.2. The van der Waals surface area contributed by atoms with Crippen molar-refractivity contribution in [3.8, 4) is 0 Å². The summed E-state index contributed by atoms with van der Waals surface area (Å²) >= 11 is 0. The van der Waals surface area contributed by atoms with E-state index in [1.165, 1.54) is 0 Å². The third-order valence-corrected chi connectivity index (χ3v) is 6.53. The van der Waals surface area contributed by atoms with Gasteiger partial charge in [0.05, 0.1) is 12.6 Å². The topological polar surface area (TPSA) is 84.2 Å². The van der Waals surface area contributed by atoms with Crippen LogP contribution in [0.5, 0.6) is 0 Å². The normalized spacial score (nSPS) is 18.0. The molecule has 1 atom stereocenters. The van der Waals surface area contributed by atoms with E-state index in [1.807, 2.05) is 55.3 Å². The van der Waals surface area contributed by atoms with Crippen molar-refractivity contribution in [1.29, 1.82) is 0 Å². The Morgan fingerprint density at radius 1 is 1.12 bits per heavy atom. The number of benzene rings is 1. The van der Waals surface area contributed by atoms with E-state index >= 15 is 0 Å². The summed E-state index contributed by atoms with van der Waals surface area (Å²) in [6, 6.07) is 11.5. The van der Waals surface area contributed by atoms with Crippen molar-refractivity contribution in [3.63, 3.8) is 0 Å². The number of fused-ring (bicyclic) bond motifs is 1. The molecule has 1 unspecified atom stereocenters. The fraction of sp³-hybridized carbons (Fsp3) is 0.400. The molecule has 2 amide bonds. The quantitative estimate of drug-likeness (QED) is 0.602. The molecule has 8 heteroatoms. The van der Waals surface area contributed by atoms with Crippen molar-refractivity contribution >= 4 is 17.6 Å². The van der Waals surface area contributed by atoms with Crippen molar-refractivity contribution in [3.05, 3.63) is 70.9 Å². The first-order valence-electron chi connectivity index (χ1n) is 11.6. The molecule has 0 N–H and O–H groups in total. The molecule has 0 saturated carbocycles. The molecule has 4 heterocycles. The molecule has 1 fully saturated rings. The average molecular weight is 445 g/mol. The van der Waals surface area contributed by atoms with Crippen LogP contribution in [0, 0.1) is 6.92 Å². The number of aryl methyl sites for hydroxylation is 2. The Morgan fingerprint density at radius 2 is 1.94 bits per heavy atom. The number of aromatic nitrogens is 4. The maximum Gasteiger partial charge on any atom is 0.274 e. The number of nitrogens with zero attached hydrogens (tertiary/aromatic N) is 6. The van der Waals surface area contributed by atoms with Crippen molar-refractivity contribution < 1.29 is 9.59 Å². The first kappa shape index (κ1) is 21.3. The zero-order valence-electron chi connectivity index (χ0n) is 19.1. The summed E-state index contributed by atoms with van der Waals surface area (Å²) in [5.41, 5.74) is 3.40. The molecule has 33 heavy (non-hydrogen) atoms. The standard InChI is InChI=1S/C25H28N6O2/c1-3-29-15-13-20(28-29)25(33)30-14-7-10-21(30)23-26-17(2)19-11-12-22(32)31(24(19)27-23)16-18-8-5-4-6-9-18/h4-6,8-9,13,15,21H,3,7,10-12,14,16H2,1-2H3. The van der Waals surface area contributed by atoms with Crippen LogP contribution in [-0.2, 0) is 24.3 Å². The lowest BCUT2D eigenvalue weighted by molar-refractivity contribution is -0.119. The minimum atomic E-state index is -0.219. The summed E-state index contributed by atoms with van der Waals surface area (Å²) in [4.78, 5) is 39.4. The highest BCUT2D eigenvalue weighted by atomic mass is 16.2. The molecule has 0 radical (unpaired) electrons. The molecule has 5 rings (SSSR count). The number of likely N-dealkylation sites (tertiary alicyclic amines) is 1. The summed E-state index contributed by atoms with van der Waals surface area (Å²) in [7, 11) is 0. The fourth-order valence-electron chi connectivity index (χ4n) is 4.76. The number of hydrogen-bond acceptors (Lipinski definition) is 5. The van der Waals surface area contributed by atoms with Gasteiger partial charge in [-0.25, -0.2) is 9.97 Å². The van der Waals surface area contributed by atoms with Crippen LogP contribution < -0.4 is 4.90 Å². The Kier molecular flexibility index (Phi) is 5.66. The molecule has 1 aromatic carbocycles. The predicted molar refractivity (Wildman–Crippen MR) is 124 cm³/mol. The summed E-state index contributed by atoms with van der Waals surface area (Å²) in [5.74, 6) is 1.27. The highest BCUT2D eigenvalue weighted by Crippen LogP contribution is 2.35. The van der Waals surface area contributed by atoms with E-state index < -0.39 is 0 Å². The van der Waals surface area contributed by atoms with Gasteiger partial charge in [-0.05, 0) is 44.7 Å². The second-order valence-electron chi connectivity index (χ2n) is 8.65. The van der Waals surface area contributed by atoms with E-state index in [2.05, 4.69) is 5.10 Å². The minimum absolute atomic E-state index is 0.0693. The van der Waals surface area contributed by atoms with Gasteiger partial charge in [-0.2, -0.15) is 5.10 Å². The molecule has 0 aliphatic carbocycles. The van der Waals surface area contributed by atoms with Crippen LogP contribution in [0.25, 0.3) is 0 Å². The second kappa shape index (κ2) is 8.77. The lowest BCUT2D eigenvalue weighted by atomic mass is 10.0. The molecular weight excluding hydrogens is 416 g/mol. The summed E-state index contributed by atoms with van der Waals surface area (Å²) in [5, 5.41) is 4.39. The largest absolute Gasteiger partial charge is 0.327 e. The number of hydrogen-bond donors (Lipinski definition) is 0. The van der Waals surface area contributed by atoms with Crippen LogP contribution in [0.15, 0.2) is 42.6 Å². The Bertz CT molecular complexity index is 1190. The lowest BCUT2D eigenvalue weighted by Crippen LogP contribution is -2.37. The van der Waals surface area contributed by atoms with Gasteiger partial charge in [-0.3, -0.25) is 19.2 Å². The molecule has 8 nitrogen and oxygen atoms in total. The third-order valence-electron chi connectivity index (χ3n) is 6.53. The predicted octanol–water partition coefficient (Wildman–Crippen LogP) is 3.46. The minimum Gasteiger partial charge on any atom is -0.327 e. The number of carbonyl (C=O) groups is 2. The van der Waals surface area contributed by atoms with E-state index in [-0.39, 0.29) is 17.9 Å². The van der Waals surface area contributed by atoms with E-state index in [1.54, 1.807) is 15.6 Å². The van der Waals surface area contributed by atoms with Gasteiger partial charge in [0.15, 0.2) is 5.82 Å². The Morgan fingerprint density at radius 3 is 2.70 bits per heavy atom. The number of anilines is 1. The Hall–Kier alpha value is -3.55. The van der Waals surface area contributed by atoms with Crippen molar-refractivity contribution in [2.24, 2.45) is 0 Å². The van der Waals surface area contributed by atoms with E-state index in [0.717, 1.165) is 36.2 Å². The fourth-order valence-corrected chi connectivity index (χ4v) is 4.76. The third kappa shape index (κ3) is 4.01. The number of rotatable bonds is 5. The van der Waals surface area contributed by atoms with Gasteiger partial charge in [0.1, 0.15) is 11.5 Å². The SMILES string of the molecule is CCn1ccc(C(=O)N2CCCC2c2nc(C)c3c(n2)N(Cc2ccccc2)C(=O)CC3)n1. The van der Waals surface area contributed by atoms with Gasteiger partial charge in [0.2, 0.25) is 5.91 Å². The van der Waals surface area contributed by atoms with Gasteiger partial charge in [-0.15, -0.1) is 0 Å². The van der Waals surface area contributed by atoms with Crippen molar-refractivity contribution in [2.75, 3.05) is 11.4 Å². The van der Waals surface area contributed by atoms with Crippen molar-refractivity contribution in [1.82, 2.24) is 24.6 Å². The van der Waals surface area contributed by atoms with Crippen LogP contribution >= 0.6 is 0 Å². The number of carbonyl (C=O) groups excluding carboxylic acids is 2. The Labute approximate surface area is 193 Å². The summed E-state index contributed by atoms with van der Waals surface area (Å²) < 4.78 is 1.75. The molecule has 2 aliphatic rings. The van der Waals surface area contributed by atoms with Crippen molar-refractivity contribution in [2.45, 2.75) is 58.7 Å². The van der Waals surface area contributed by atoms with Crippen LogP contribution in [0.4, 0.5) is 5.82 Å². The van der Waals surface area contributed by atoms with E-state index in [9.17, 15) is 9.59 Å². The first-order valence-corrected chi connectivity index (χ1v) is 11.6. The summed E-state index contributed by atoms with van der Waals surface area (Å²) in [6.07, 6.45) is 4.61. The first-order chi connectivity index (χ1) is 16.0. The second-order valence-corrected chi connectivity index (χ2v) is 8.65. The van der Waals surface area contributed by atoms with Crippen LogP contribution in [0.1, 0.15) is 65.4 Å². The van der Waals surface area contributed by atoms with Gasteiger partial charge >= 0.3 is 0 Å². The molecular formula is C25H28N6O2. The molecule has 170 valence electrons.